The molecule has 0 spiro atoms. The van der Waals surface area contributed by atoms with E-state index < -0.39 is 0 Å². The number of halogens is 2. The van der Waals surface area contributed by atoms with Crippen LogP contribution in [0.15, 0.2) is 6.20 Å². The molecule has 0 aliphatic carbocycles. The zero-order valence-corrected chi connectivity index (χ0v) is 11.5. The maximum absolute atomic E-state index is 13.5. The maximum atomic E-state index is 13.5. The van der Waals surface area contributed by atoms with Crippen molar-refractivity contribution in [3.05, 3.63) is 17.7 Å². The standard InChI is InChI=1S/C12H22FN3.ClH/c1-3-5-6-7-8-14-9-11-10-15-16(4-2)12(11)13;/h10,14H,3-9H2,1-2H3;1H. The van der Waals surface area contributed by atoms with Gasteiger partial charge < -0.3 is 5.32 Å². The summed E-state index contributed by atoms with van der Waals surface area (Å²) in [4.78, 5) is 0. The number of unbranched alkanes of at least 4 members (excludes halogenated alkanes) is 3. The van der Waals surface area contributed by atoms with E-state index in [1.807, 2.05) is 6.92 Å². The molecular formula is C12H23ClFN3. The third-order valence-corrected chi connectivity index (χ3v) is 2.67. The Morgan fingerprint density at radius 1 is 1.29 bits per heavy atom. The van der Waals surface area contributed by atoms with Crippen LogP contribution in [0, 0.1) is 5.95 Å². The molecule has 0 saturated carbocycles. The number of nitrogens with one attached hydrogen (secondary N) is 1. The average molecular weight is 264 g/mol. The van der Waals surface area contributed by atoms with E-state index in [1.165, 1.54) is 23.9 Å². The van der Waals surface area contributed by atoms with Gasteiger partial charge >= 0.3 is 0 Å². The van der Waals surface area contributed by atoms with Crippen LogP contribution in [0.25, 0.3) is 0 Å². The normalized spacial score (nSPS) is 10.3. The minimum atomic E-state index is -0.205. The Hall–Kier alpha value is -0.610. The lowest BCUT2D eigenvalue weighted by Crippen LogP contribution is -2.15. The van der Waals surface area contributed by atoms with Crippen LogP contribution in [0.5, 0.6) is 0 Å². The summed E-state index contributed by atoms with van der Waals surface area (Å²) in [5, 5.41) is 7.21. The first-order valence-corrected chi connectivity index (χ1v) is 6.20. The van der Waals surface area contributed by atoms with Gasteiger partial charge in [0.15, 0.2) is 0 Å². The predicted molar refractivity (Wildman–Crippen MR) is 71.0 cm³/mol. The van der Waals surface area contributed by atoms with Crippen molar-refractivity contribution in [1.82, 2.24) is 15.1 Å². The van der Waals surface area contributed by atoms with Crippen molar-refractivity contribution in [2.75, 3.05) is 6.54 Å². The second-order valence-corrected chi connectivity index (χ2v) is 4.01. The monoisotopic (exact) mass is 263 g/mol. The lowest BCUT2D eigenvalue weighted by Gasteiger charge is -2.03. The highest BCUT2D eigenvalue weighted by molar-refractivity contribution is 5.85. The lowest BCUT2D eigenvalue weighted by atomic mass is 10.2. The summed E-state index contributed by atoms with van der Waals surface area (Å²) in [6, 6.07) is 0. The Kier molecular flexibility index (Phi) is 9.09. The Balaban J connectivity index is 0.00000256. The van der Waals surface area contributed by atoms with Crippen LogP contribution in [0.3, 0.4) is 0 Å². The molecule has 0 aromatic carbocycles. The second kappa shape index (κ2) is 9.42. The molecule has 0 radical (unpaired) electrons. The van der Waals surface area contributed by atoms with Crippen LogP contribution >= 0.6 is 12.4 Å². The van der Waals surface area contributed by atoms with E-state index in [1.54, 1.807) is 6.20 Å². The van der Waals surface area contributed by atoms with Crippen molar-refractivity contribution < 1.29 is 4.39 Å². The van der Waals surface area contributed by atoms with Gasteiger partial charge in [0.25, 0.3) is 0 Å². The molecule has 0 atom stereocenters. The van der Waals surface area contributed by atoms with E-state index in [2.05, 4.69) is 17.3 Å². The molecule has 0 unspecified atom stereocenters. The van der Waals surface area contributed by atoms with Gasteiger partial charge in [-0.05, 0) is 19.9 Å². The van der Waals surface area contributed by atoms with Gasteiger partial charge in [-0.25, -0.2) is 4.68 Å². The molecule has 0 bridgehead atoms. The molecule has 0 fully saturated rings. The smallest absolute Gasteiger partial charge is 0.215 e. The predicted octanol–water partition coefficient (Wildman–Crippen LogP) is 3.13. The van der Waals surface area contributed by atoms with Gasteiger partial charge in [-0.3, -0.25) is 0 Å². The molecule has 100 valence electrons. The Morgan fingerprint density at radius 3 is 2.65 bits per heavy atom. The van der Waals surface area contributed by atoms with E-state index >= 15 is 0 Å². The minimum absolute atomic E-state index is 0. The quantitative estimate of drug-likeness (QED) is 0.731. The van der Waals surface area contributed by atoms with Crippen molar-refractivity contribution in [1.29, 1.82) is 0 Å². The third-order valence-electron chi connectivity index (χ3n) is 2.67. The van der Waals surface area contributed by atoms with E-state index in [0.29, 0.717) is 18.7 Å². The molecular weight excluding hydrogens is 241 g/mol. The Morgan fingerprint density at radius 2 is 2.06 bits per heavy atom. The molecule has 3 nitrogen and oxygen atoms in total. The zero-order valence-electron chi connectivity index (χ0n) is 10.7. The molecule has 5 heteroatoms. The molecule has 1 aromatic heterocycles. The molecule has 1 rings (SSSR count). The van der Waals surface area contributed by atoms with E-state index in [0.717, 1.165) is 13.0 Å². The SMILES string of the molecule is CCCCCCNCc1cnn(CC)c1F.Cl. The highest BCUT2D eigenvalue weighted by Crippen LogP contribution is 2.06. The summed E-state index contributed by atoms with van der Waals surface area (Å²) in [5.41, 5.74) is 0.664. The molecule has 1 aromatic rings. The lowest BCUT2D eigenvalue weighted by molar-refractivity contribution is 0.460. The fraction of sp³-hybridized carbons (Fsp3) is 0.750. The molecule has 1 N–H and O–H groups in total. The summed E-state index contributed by atoms with van der Waals surface area (Å²) < 4.78 is 14.9. The third kappa shape index (κ3) is 5.50. The molecule has 0 amide bonds. The highest BCUT2D eigenvalue weighted by atomic mass is 35.5. The topological polar surface area (TPSA) is 29.9 Å². The summed E-state index contributed by atoms with van der Waals surface area (Å²) >= 11 is 0. The van der Waals surface area contributed by atoms with Crippen LogP contribution in [-0.4, -0.2) is 16.3 Å². The van der Waals surface area contributed by atoms with E-state index in [4.69, 9.17) is 0 Å². The van der Waals surface area contributed by atoms with Gasteiger partial charge in [0, 0.05) is 18.7 Å². The number of hydrogen-bond acceptors (Lipinski definition) is 2. The molecule has 0 saturated heterocycles. The van der Waals surface area contributed by atoms with Crippen molar-refractivity contribution >= 4 is 12.4 Å². The van der Waals surface area contributed by atoms with Crippen molar-refractivity contribution in [2.24, 2.45) is 0 Å². The number of nitrogens with zero attached hydrogens (tertiary/aromatic N) is 2. The summed E-state index contributed by atoms with van der Waals surface area (Å²) in [7, 11) is 0. The number of aryl methyl sites for hydroxylation is 1. The largest absolute Gasteiger partial charge is 0.312 e. The fourth-order valence-corrected chi connectivity index (χ4v) is 1.65. The van der Waals surface area contributed by atoms with Gasteiger partial charge in [0.1, 0.15) is 0 Å². The highest BCUT2D eigenvalue weighted by Gasteiger charge is 2.07. The van der Waals surface area contributed by atoms with Crippen molar-refractivity contribution in [3.8, 4) is 0 Å². The molecule has 1 heterocycles. The molecule has 0 aliphatic rings. The second-order valence-electron chi connectivity index (χ2n) is 4.01. The van der Waals surface area contributed by atoms with Crippen LogP contribution in [0.2, 0.25) is 0 Å². The van der Waals surface area contributed by atoms with Crippen LogP contribution in [-0.2, 0) is 13.1 Å². The Labute approximate surface area is 109 Å². The first-order chi connectivity index (χ1) is 7.79. The van der Waals surface area contributed by atoms with Gasteiger partial charge in [-0.1, -0.05) is 26.2 Å². The molecule has 17 heavy (non-hydrogen) atoms. The maximum Gasteiger partial charge on any atom is 0.215 e. The zero-order chi connectivity index (χ0) is 11.8. The first-order valence-electron chi connectivity index (χ1n) is 6.20. The van der Waals surface area contributed by atoms with Crippen molar-refractivity contribution in [3.63, 3.8) is 0 Å². The first kappa shape index (κ1) is 16.4. The van der Waals surface area contributed by atoms with Crippen LogP contribution < -0.4 is 5.32 Å². The van der Waals surface area contributed by atoms with Crippen LogP contribution in [0.1, 0.15) is 45.1 Å². The summed E-state index contributed by atoms with van der Waals surface area (Å²) in [6.07, 6.45) is 6.55. The number of hydrogen-bond donors (Lipinski definition) is 1. The van der Waals surface area contributed by atoms with Gasteiger partial charge in [-0.2, -0.15) is 9.49 Å². The molecule has 0 aliphatic heterocycles. The fourth-order valence-electron chi connectivity index (χ4n) is 1.65. The summed E-state index contributed by atoms with van der Waals surface area (Å²) in [5.74, 6) is -0.205. The summed E-state index contributed by atoms with van der Waals surface area (Å²) in [6.45, 7) is 6.21. The van der Waals surface area contributed by atoms with Crippen LogP contribution in [0.4, 0.5) is 4.39 Å². The average Bonchev–Trinajstić information content (AvgIpc) is 2.65. The van der Waals surface area contributed by atoms with E-state index in [-0.39, 0.29) is 18.4 Å². The van der Waals surface area contributed by atoms with E-state index in [9.17, 15) is 4.39 Å². The number of rotatable bonds is 8. The van der Waals surface area contributed by atoms with Gasteiger partial charge in [-0.15, -0.1) is 12.4 Å². The Bertz CT molecular complexity index is 302. The van der Waals surface area contributed by atoms with Gasteiger partial charge in [0.05, 0.1) is 6.20 Å². The van der Waals surface area contributed by atoms with Gasteiger partial charge in [0.2, 0.25) is 5.95 Å². The van der Waals surface area contributed by atoms with Crippen molar-refractivity contribution in [2.45, 2.75) is 52.6 Å². The number of aromatic nitrogens is 2. The minimum Gasteiger partial charge on any atom is -0.312 e.